The number of hydrogen-bond acceptors (Lipinski definition) is 6. The number of benzene rings is 2. The van der Waals surface area contributed by atoms with E-state index in [1.54, 1.807) is 24.4 Å². The van der Waals surface area contributed by atoms with Gasteiger partial charge in [-0.05, 0) is 19.1 Å². The van der Waals surface area contributed by atoms with Gasteiger partial charge in [-0.3, -0.25) is 4.68 Å². The van der Waals surface area contributed by atoms with Gasteiger partial charge in [0.25, 0.3) is 0 Å². The molecular formula is C23H21N7S. The van der Waals surface area contributed by atoms with Gasteiger partial charge >= 0.3 is 0 Å². The molecule has 0 saturated carbocycles. The monoisotopic (exact) mass is 427 g/mol. The molecule has 154 valence electrons. The first-order chi connectivity index (χ1) is 15.3. The lowest BCUT2D eigenvalue weighted by atomic mass is 10.0. The summed E-state index contributed by atoms with van der Waals surface area (Å²) < 4.78 is 3.99. The Morgan fingerprint density at radius 3 is 2.61 bits per heavy atom. The van der Waals surface area contributed by atoms with Crippen LogP contribution in [0, 0.1) is 0 Å². The SMILES string of the molecule is CCn1c(SCCn2cncn2)nnc1-c1cc(-c2ccccc2)nc2ccccc12. The van der Waals surface area contributed by atoms with Gasteiger partial charge in [0.2, 0.25) is 0 Å². The number of hydrogen-bond donors (Lipinski definition) is 0. The van der Waals surface area contributed by atoms with E-state index in [0.29, 0.717) is 0 Å². The lowest BCUT2D eigenvalue weighted by molar-refractivity contribution is 0.658. The molecule has 0 N–H and O–H groups in total. The standard InChI is InChI=1S/C23H21N7S/c1-2-30-22(27-28-23(30)31-13-12-29-16-24-15-25-29)19-14-21(17-8-4-3-5-9-17)26-20-11-7-6-10-18(19)20/h3-11,14-16H,2,12-13H2,1H3. The van der Waals surface area contributed by atoms with Crippen LogP contribution in [-0.4, -0.2) is 40.3 Å². The van der Waals surface area contributed by atoms with Crippen molar-refractivity contribution < 1.29 is 0 Å². The first-order valence-corrected chi connectivity index (χ1v) is 11.2. The van der Waals surface area contributed by atoms with Crippen LogP contribution in [0.4, 0.5) is 0 Å². The summed E-state index contributed by atoms with van der Waals surface area (Å²) in [5.41, 5.74) is 4.01. The molecule has 0 unspecified atom stereocenters. The van der Waals surface area contributed by atoms with Gasteiger partial charge < -0.3 is 4.57 Å². The molecule has 0 radical (unpaired) electrons. The fourth-order valence-corrected chi connectivity index (χ4v) is 4.51. The lowest BCUT2D eigenvalue weighted by Crippen LogP contribution is -2.04. The third-order valence-electron chi connectivity index (χ3n) is 5.08. The minimum absolute atomic E-state index is 0.771. The Bertz CT molecular complexity index is 1300. The Kier molecular flexibility index (Phi) is 5.45. The quantitative estimate of drug-likeness (QED) is 0.354. The number of nitrogens with zero attached hydrogens (tertiary/aromatic N) is 7. The van der Waals surface area contributed by atoms with Crippen LogP contribution in [0.2, 0.25) is 0 Å². The molecule has 0 aliphatic rings. The fraction of sp³-hybridized carbons (Fsp3) is 0.174. The molecule has 0 bridgehead atoms. The zero-order chi connectivity index (χ0) is 21.0. The first-order valence-electron chi connectivity index (χ1n) is 10.2. The summed E-state index contributed by atoms with van der Waals surface area (Å²) in [7, 11) is 0. The topological polar surface area (TPSA) is 74.3 Å². The molecule has 0 aliphatic carbocycles. The van der Waals surface area contributed by atoms with Crippen molar-refractivity contribution in [3.05, 3.63) is 73.3 Å². The summed E-state index contributed by atoms with van der Waals surface area (Å²) in [4.78, 5) is 8.88. The molecule has 0 saturated heterocycles. The van der Waals surface area contributed by atoms with Gasteiger partial charge in [-0.25, -0.2) is 9.97 Å². The van der Waals surface area contributed by atoms with Gasteiger partial charge in [0.1, 0.15) is 12.7 Å². The molecule has 5 rings (SSSR count). The third-order valence-corrected chi connectivity index (χ3v) is 6.02. The van der Waals surface area contributed by atoms with Gasteiger partial charge in [-0.1, -0.05) is 60.3 Å². The normalized spacial score (nSPS) is 11.3. The van der Waals surface area contributed by atoms with Crippen molar-refractivity contribution in [2.24, 2.45) is 0 Å². The Balaban J connectivity index is 1.54. The van der Waals surface area contributed by atoms with Gasteiger partial charge in [0, 0.05) is 28.8 Å². The smallest absolute Gasteiger partial charge is 0.191 e. The van der Waals surface area contributed by atoms with E-state index in [1.165, 1.54) is 0 Å². The van der Waals surface area contributed by atoms with E-state index in [1.807, 2.05) is 41.1 Å². The van der Waals surface area contributed by atoms with E-state index in [4.69, 9.17) is 4.98 Å². The van der Waals surface area contributed by atoms with Crippen molar-refractivity contribution in [2.75, 3.05) is 5.75 Å². The number of rotatable bonds is 7. The molecule has 0 spiro atoms. The summed E-state index contributed by atoms with van der Waals surface area (Å²) in [5, 5.41) is 15.2. The second kappa shape index (κ2) is 8.69. The Morgan fingerprint density at radius 1 is 0.968 bits per heavy atom. The predicted octanol–water partition coefficient (Wildman–Crippen LogP) is 4.56. The number of thioether (sulfide) groups is 1. The van der Waals surface area contributed by atoms with Crippen molar-refractivity contribution in [3.8, 4) is 22.6 Å². The molecule has 0 amide bonds. The zero-order valence-electron chi connectivity index (χ0n) is 17.1. The van der Waals surface area contributed by atoms with Gasteiger partial charge in [-0.15, -0.1) is 10.2 Å². The van der Waals surface area contributed by atoms with Crippen LogP contribution in [0.15, 0.2) is 78.5 Å². The molecule has 31 heavy (non-hydrogen) atoms. The van der Waals surface area contributed by atoms with Crippen LogP contribution in [0.5, 0.6) is 0 Å². The van der Waals surface area contributed by atoms with Crippen molar-refractivity contribution in [3.63, 3.8) is 0 Å². The maximum absolute atomic E-state index is 4.89. The molecule has 2 aromatic carbocycles. The van der Waals surface area contributed by atoms with Crippen LogP contribution in [0.1, 0.15) is 6.92 Å². The van der Waals surface area contributed by atoms with E-state index < -0.39 is 0 Å². The lowest BCUT2D eigenvalue weighted by Gasteiger charge is -2.11. The predicted molar refractivity (Wildman–Crippen MR) is 123 cm³/mol. The van der Waals surface area contributed by atoms with E-state index in [-0.39, 0.29) is 0 Å². The van der Waals surface area contributed by atoms with E-state index >= 15 is 0 Å². The summed E-state index contributed by atoms with van der Waals surface area (Å²) in [6.45, 7) is 3.67. The maximum atomic E-state index is 4.89. The molecule has 3 aromatic heterocycles. The first kappa shape index (κ1) is 19.4. The number of aromatic nitrogens is 7. The zero-order valence-corrected chi connectivity index (χ0v) is 17.9. The molecule has 0 atom stereocenters. The van der Waals surface area contributed by atoms with E-state index in [0.717, 1.165) is 57.5 Å². The number of pyridine rings is 1. The van der Waals surface area contributed by atoms with Crippen LogP contribution in [0.25, 0.3) is 33.5 Å². The second-order valence-corrected chi connectivity index (χ2v) is 8.06. The van der Waals surface area contributed by atoms with Crippen LogP contribution in [0.3, 0.4) is 0 Å². The largest absolute Gasteiger partial charge is 0.302 e. The molecule has 8 heteroatoms. The third kappa shape index (κ3) is 3.94. The second-order valence-electron chi connectivity index (χ2n) is 7.00. The number of aryl methyl sites for hydroxylation is 1. The molecule has 0 fully saturated rings. The highest BCUT2D eigenvalue weighted by Gasteiger charge is 2.17. The van der Waals surface area contributed by atoms with E-state index in [2.05, 4.69) is 56.0 Å². The van der Waals surface area contributed by atoms with Crippen LogP contribution >= 0.6 is 11.8 Å². The molecule has 3 heterocycles. The average molecular weight is 428 g/mol. The van der Waals surface area contributed by atoms with Crippen molar-refractivity contribution >= 4 is 22.7 Å². The molecule has 5 aromatic rings. The van der Waals surface area contributed by atoms with Crippen LogP contribution in [-0.2, 0) is 13.1 Å². The number of para-hydroxylation sites is 1. The van der Waals surface area contributed by atoms with Crippen molar-refractivity contribution in [1.82, 2.24) is 34.5 Å². The van der Waals surface area contributed by atoms with Gasteiger partial charge in [0.05, 0.1) is 17.8 Å². The minimum Gasteiger partial charge on any atom is -0.302 e. The maximum Gasteiger partial charge on any atom is 0.191 e. The van der Waals surface area contributed by atoms with Crippen LogP contribution < -0.4 is 0 Å². The molecule has 0 aliphatic heterocycles. The summed E-state index contributed by atoms with van der Waals surface area (Å²) >= 11 is 1.68. The highest BCUT2D eigenvalue weighted by molar-refractivity contribution is 7.99. The Morgan fingerprint density at radius 2 is 1.81 bits per heavy atom. The van der Waals surface area contributed by atoms with Gasteiger partial charge in [-0.2, -0.15) is 5.10 Å². The van der Waals surface area contributed by atoms with Crippen molar-refractivity contribution in [1.29, 1.82) is 0 Å². The number of fused-ring (bicyclic) bond motifs is 1. The summed E-state index contributed by atoms with van der Waals surface area (Å²) in [6.07, 6.45) is 3.28. The molecular weight excluding hydrogens is 406 g/mol. The summed E-state index contributed by atoms with van der Waals surface area (Å²) in [5.74, 6) is 1.70. The average Bonchev–Trinajstić information content (AvgIpc) is 3.49. The van der Waals surface area contributed by atoms with E-state index in [9.17, 15) is 0 Å². The Labute approximate surface area is 184 Å². The molecule has 7 nitrogen and oxygen atoms in total. The van der Waals surface area contributed by atoms with Gasteiger partial charge in [0.15, 0.2) is 11.0 Å². The highest BCUT2D eigenvalue weighted by Crippen LogP contribution is 2.32. The Hall–Kier alpha value is -3.52. The summed E-state index contributed by atoms with van der Waals surface area (Å²) in [6, 6.07) is 20.6. The highest BCUT2D eigenvalue weighted by atomic mass is 32.2. The minimum atomic E-state index is 0.771. The van der Waals surface area contributed by atoms with Crippen molar-refractivity contribution in [2.45, 2.75) is 25.2 Å². The fourth-order valence-electron chi connectivity index (χ4n) is 3.58.